The number of primary amides is 1. The summed E-state index contributed by atoms with van der Waals surface area (Å²) in [5.74, 6) is -0.672. The van der Waals surface area contributed by atoms with Crippen molar-refractivity contribution in [3.05, 3.63) is 0 Å². The van der Waals surface area contributed by atoms with Crippen molar-refractivity contribution in [3.8, 4) is 0 Å². The lowest BCUT2D eigenvalue weighted by Gasteiger charge is -2.32. The van der Waals surface area contributed by atoms with Crippen LogP contribution in [-0.2, 0) is 14.2 Å². The van der Waals surface area contributed by atoms with Crippen molar-refractivity contribution in [2.75, 3.05) is 27.9 Å². The summed E-state index contributed by atoms with van der Waals surface area (Å²) in [5, 5.41) is 2.64. The van der Waals surface area contributed by atoms with Gasteiger partial charge in [-0.3, -0.25) is 0 Å². The predicted molar refractivity (Wildman–Crippen MR) is 87.4 cm³/mol. The molecular formula is C16H34N2O4. The van der Waals surface area contributed by atoms with Gasteiger partial charge in [0.1, 0.15) is 0 Å². The summed E-state index contributed by atoms with van der Waals surface area (Å²) in [6.07, 6.45) is 8.70. The molecule has 0 spiro atoms. The van der Waals surface area contributed by atoms with Gasteiger partial charge in [-0.15, -0.1) is 0 Å². The molecule has 0 aliphatic rings. The number of hydrogen-bond acceptors (Lipinski definition) is 4. The lowest BCUT2D eigenvalue weighted by atomic mass is 9.93. The molecule has 2 amide bonds. The van der Waals surface area contributed by atoms with Crippen LogP contribution in [0.2, 0.25) is 0 Å². The van der Waals surface area contributed by atoms with Crippen molar-refractivity contribution in [1.29, 1.82) is 0 Å². The van der Waals surface area contributed by atoms with Crippen LogP contribution in [0.15, 0.2) is 0 Å². The Morgan fingerprint density at radius 1 is 1.05 bits per heavy atom. The Labute approximate surface area is 135 Å². The molecule has 132 valence electrons. The van der Waals surface area contributed by atoms with E-state index in [0.29, 0.717) is 18.9 Å². The minimum absolute atomic E-state index is 0.341. The molecule has 0 aromatic heterocycles. The molecule has 6 heteroatoms. The van der Waals surface area contributed by atoms with E-state index in [1.807, 2.05) is 0 Å². The highest BCUT2D eigenvalue weighted by Gasteiger charge is 2.32. The van der Waals surface area contributed by atoms with E-state index in [1.165, 1.54) is 25.7 Å². The molecule has 0 aliphatic carbocycles. The van der Waals surface area contributed by atoms with Gasteiger partial charge < -0.3 is 25.3 Å². The first-order valence-corrected chi connectivity index (χ1v) is 8.22. The number of ether oxygens (including phenoxy) is 3. The van der Waals surface area contributed by atoms with Gasteiger partial charge in [0, 0.05) is 34.3 Å². The summed E-state index contributed by atoms with van der Waals surface area (Å²) in [6, 6.07) is -0.488. The summed E-state index contributed by atoms with van der Waals surface area (Å²) < 4.78 is 16.1. The number of methoxy groups -OCH3 is 3. The molecule has 3 N–H and O–H groups in total. The lowest BCUT2D eigenvalue weighted by Crippen LogP contribution is -2.39. The van der Waals surface area contributed by atoms with Gasteiger partial charge in [0.15, 0.2) is 0 Å². The fraction of sp³-hybridized carbons (Fsp3) is 0.938. The Morgan fingerprint density at radius 2 is 1.64 bits per heavy atom. The zero-order valence-electron chi connectivity index (χ0n) is 14.7. The summed E-state index contributed by atoms with van der Waals surface area (Å²) in [4.78, 5) is 10.8. The quantitative estimate of drug-likeness (QED) is 0.381. The van der Waals surface area contributed by atoms with Gasteiger partial charge in [0.2, 0.25) is 0 Å². The number of amides is 2. The van der Waals surface area contributed by atoms with Crippen LogP contribution < -0.4 is 11.1 Å². The molecule has 6 nitrogen and oxygen atoms in total. The monoisotopic (exact) mass is 318 g/mol. The van der Waals surface area contributed by atoms with Crippen LogP contribution in [0.1, 0.15) is 58.3 Å². The maximum absolute atomic E-state index is 10.8. The van der Waals surface area contributed by atoms with Crippen LogP contribution in [0.25, 0.3) is 0 Å². The van der Waals surface area contributed by atoms with E-state index in [9.17, 15) is 4.79 Å². The van der Waals surface area contributed by atoms with Crippen molar-refractivity contribution >= 4 is 6.03 Å². The summed E-state index contributed by atoms with van der Waals surface area (Å²) >= 11 is 0. The number of carbonyl (C=O) groups is 1. The third-order valence-electron chi connectivity index (χ3n) is 4.04. The number of unbranched alkanes of at least 4 members (excludes halogenated alkanes) is 4. The van der Waals surface area contributed by atoms with E-state index in [-0.39, 0.29) is 0 Å². The Hall–Kier alpha value is -0.850. The minimum atomic E-state index is -1.01. The average Bonchev–Trinajstić information content (AvgIpc) is 2.51. The highest BCUT2D eigenvalue weighted by atomic mass is 16.9. The molecule has 0 fully saturated rings. The average molecular weight is 318 g/mol. The summed E-state index contributed by atoms with van der Waals surface area (Å²) in [7, 11) is 4.73. The van der Waals surface area contributed by atoms with Crippen molar-refractivity contribution in [2.45, 2.75) is 64.3 Å². The van der Waals surface area contributed by atoms with Gasteiger partial charge in [0.25, 0.3) is 5.97 Å². The maximum Gasteiger partial charge on any atom is 0.312 e. The van der Waals surface area contributed by atoms with Gasteiger partial charge in [0.05, 0.1) is 0 Å². The second-order valence-electron chi connectivity index (χ2n) is 5.65. The van der Waals surface area contributed by atoms with Gasteiger partial charge in [-0.2, -0.15) is 0 Å². The molecule has 0 rings (SSSR count). The van der Waals surface area contributed by atoms with Crippen molar-refractivity contribution in [2.24, 2.45) is 11.7 Å². The topological polar surface area (TPSA) is 82.8 Å². The fourth-order valence-electron chi connectivity index (χ4n) is 2.64. The van der Waals surface area contributed by atoms with E-state index in [0.717, 1.165) is 19.3 Å². The molecule has 0 bridgehead atoms. The van der Waals surface area contributed by atoms with Crippen LogP contribution in [0.3, 0.4) is 0 Å². The van der Waals surface area contributed by atoms with Gasteiger partial charge in [-0.1, -0.05) is 45.4 Å². The third kappa shape index (κ3) is 9.23. The number of rotatable bonds is 14. The number of hydrogen-bond donors (Lipinski definition) is 2. The molecule has 1 unspecified atom stereocenters. The zero-order chi connectivity index (χ0) is 16.8. The second-order valence-corrected chi connectivity index (χ2v) is 5.65. The maximum atomic E-state index is 10.8. The minimum Gasteiger partial charge on any atom is -0.352 e. The first-order valence-electron chi connectivity index (χ1n) is 8.22. The molecule has 0 radical (unpaired) electrons. The van der Waals surface area contributed by atoms with E-state index >= 15 is 0 Å². The van der Waals surface area contributed by atoms with E-state index in [2.05, 4.69) is 12.2 Å². The van der Waals surface area contributed by atoms with Gasteiger partial charge in [-0.25, -0.2) is 4.79 Å². The van der Waals surface area contributed by atoms with E-state index in [1.54, 1.807) is 21.3 Å². The first-order chi connectivity index (χ1) is 10.5. The molecule has 1 atom stereocenters. The van der Waals surface area contributed by atoms with Crippen LogP contribution in [-0.4, -0.2) is 39.9 Å². The Bertz CT molecular complexity index is 275. The molecule has 22 heavy (non-hydrogen) atoms. The Morgan fingerprint density at radius 3 is 2.14 bits per heavy atom. The van der Waals surface area contributed by atoms with E-state index in [4.69, 9.17) is 19.9 Å². The number of urea groups is 1. The number of carbonyl (C=O) groups excluding carboxylic acids is 1. The normalized spacial score (nSPS) is 13.1. The van der Waals surface area contributed by atoms with Crippen LogP contribution in [0, 0.1) is 5.92 Å². The first kappa shape index (κ1) is 21.1. The Balaban J connectivity index is 4.39. The lowest BCUT2D eigenvalue weighted by molar-refractivity contribution is -0.359. The molecule has 0 saturated heterocycles. The van der Waals surface area contributed by atoms with Gasteiger partial charge in [-0.05, 0) is 12.3 Å². The zero-order valence-corrected chi connectivity index (χ0v) is 14.7. The molecule has 0 aromatic rings. The SMILES string of the molecule is CCCCCCCC(CCNC(N)=O)CC(OC)(OC)OC. The standard InChI is InChI=1S/C16H34N2O4/c1-5-6-7-8-9-10-14(11-12-18-15(17)19)13-16(20-2,21-3)22-4/h14H,5-13H2,1-4H3,(H3,17,18,19). The summed E-state index contributed by atoms with van der Waals surface area (Å²) in [6.45, 7) is 2.77. The van der Waals surface area contributed by atoms with Crippen LogP contribution >= 0.6 is 0 Å². The summed E-state index contributed by atoms with van der Waals surface area (Å²) in [5.41, 5.74) is 5.12. The largest absolute Gasteiger partial charge is 0.352 e. The van der Waals surface area contributed by atoms with E-state index < -0.39 is 12.0 Å². The molecule has 0 saturated carbocycles. The Kier molecular flexibility index (Phi) is 12.2. The van der Waals surface area contributed by atoms with Crippen molar-refractivity contribution in [1.82, 2.24) is 5.32 Å². The molecule has 0 aromatic carbocycles. The molecule has 0 aliphatic heterocycles. The molecular weight excluding hydrogens is 284 g/mol. The van der Waals surface area contributed by atoms with Crippen molar-refractivity contribution < 1.29 is 19.0 Å². The van der Waals surface area contributed by atoms with Crippen molar-refractivity contribution in [3.63, 3.8) is 0 Å². The second kappa shape index (κ2) is 12.7. The fourth-order valence-corrected chi connectivity index (χ4v) is 2.64. The van der Waals surface area contributed by atoms with Crippen LogP contribution in [0.4, 0.5) is 4.79 Å². The number of nitrogens with two attached hydrogens (primary N) is 1. The third-order valence-corrected chi connectivity index (χ3v) is 4.04. The predicted octanol–water partition coefficient (Wildman–Crippen LogP) is 3.00. The van der Waals surface area contributed by atoms with Gasteiger partial charge >= 0.3 is 6.03 Å². The van der Waals surface area contributed by atoms with Crippen LogP contribution in [0.5, 0.6) is 0 Å². The molecule has 0 heterocycles. The number of nitrogens with one attached hydrogen (secondary N) is 1. The highest BCUT2D eigenvalue weighted by molar-refractivity contribution is 5.71. The highest BCUT2D eigenvalue weighted by Crippen LogP contribution is 2.28. The smallest absolute Gasteiger partial charge is 0.312 e.